The van der Waals surface area contributed by atoms with E-state index < -0.39 is 0 Å². The summed E-state index contributed by atoms with van der Waals surface area (Å²) in [6.45, 7) is 3.51. The number of rotatable bonds is 6. The maximum Gasteiger partial charge on any atom is 0.258 e. The predicted octanol–water partition coefficient (Wildman–Crippen LogP) is 5.08. The Morgan fingerprint density at radius 3 is 2.34 bits per heavy atom. The molecule has 0 unspecified atom stereocenters. The number of amides is 1. The van der Waals surface area contributed by atoms with Gasteiger partial charge < -0.3 is 19.9 Å². The van der Waals surface area contributed by atoms with Crippen LogP contribution >= 0.6 is 0 Å². The molecule has 6 nitrogen and oxygen atoms in total. The molecule has 0 spiro atoms. The normalized spacial score (nSPS) is 10.6. The van der Waals surface area contributed by atoms with Crippen molar-refractivity contribution < 1.29 is 9.53 Å². The van der Waals surface area contributed by atoms with E-state index in [1.54, 1.807) is 18.7 Å². The number of carbonyl (C=O) groups is 1. The van der Waals surface area contributed by atoms with Crippen molar-refractivity contribution in [1.29, 1.82) is 0 Å². The minimum atomic E-state index is -0.294. The molecular formula is C26H23N3O3. The molecule has 0 saturated carbocycles. The zero-order valence-corrected chi connectivity index (χ0v) is 17.9. The van der Waals surface area contributed by atoms with Crippen molar-refractivity contribution >= 4 is 33.7 Å². The number of carbonyl (C=O) groups excluding carboxylic acids is 1. The summed E-state index contributed by atoms with van der Waals surface area (Å²) in [5.74, 6) is 0.472. The second kappa shape index (κ2) is 8.81. The summed E-state index contributed by atoms with van der Waals surface area (Å²) in [7, 11) is 3.36. The van der Waals surface area contributed by atoms with E-state index in [9.17, 15) is 9.59 Å². The molecular weight excluding hydrogens is 402 g/mol. The van der Waals surface area contributed by atoms with E-state index in [1.807, 2.05) is 72.9 Å². The van der Waals surface area contributed by atoms with Crippen LogP contribution in [-0.4, -0.2) is 17.6 Å². The van der Waals surface area contributed by atoms with Gasteiger partial charge >= 0.3 is 0 Å². The summed E-state index contributed by atoms with van der Waals surface area (Å²) in [4.78, 5) is 24.5. The molecule has 32 heavy (non-hydrogen) atoms. The summed E-state index contributed by atoms with van der Waals surface area (Å²) in [6.07, 6.45) is 3.04. The molecule has 0 aliphatic heterocycles. The Labute approximate surface area is 185 Å². The number of benzene rings is 3. The molecule has 2 N–H and O–H groups in total. The fourth-order valence-corrected chi connectivity index (χ4v) is 3.61. The average Bonchev–Trinajstić information content (AvgIpc) is 2.83. The minimum absolute atomic E-state index is 0.0647. The van der Waals surface area contributed by atoms with E-state index in [0.717, 1.165) is 33.6 Å². The number of nitrogens with zero attached hydrogens (tertiary/aromatic N) is 1. The summed E-state index contributed by atoms with van der Waals surface area (Å²) >= 11 is 0. The van der Waals surface area contributed by atoms with E-state index in [2.05, 4.69) is 17.2 Å². The fourth-order valence-electron chi connectivity index (χ4n) is 3.61. The number of anilines is 3. The first-order valence-electron chi connectivity index (χ1n) is 10.1. The van der Waals surface area contributed by atoms with Crippen LogP contribution in [0.25, 0.3) is 21.9 Å². The lowest BCUT2D eigenvalue weighted by Gasteiger charge is -2.17. The van der Waals surface area contributed by atoms with E-state index in [0.29, 0.717) is 11.1 Å². The van der Waals surface area contributed by atoms with Gasteiger partial charge in [-0.25, -0.2) is 0 Å². The number of nitrogens with one attached hydrogen (secondary N) is 2. The van der Waals surface area contributed by atoms with Crippen molar-refractivity contribution in [3.63, 3.8) is 0 Å². The van der Waals surface area contributed by atoms with Crippen LogP contribution in [0, 0.1) is 0 Å². The van der Waals surface area contributed by atoms with Crippen molar-refractivity contribution in [2.45, 2.75) is 0 Å². The third-order valence-corrected chi connectivity index (χ3v) is 5.22. The molecule has 6 heteroatoms. The highest BCUT2D eigenvalue weighted by molar-refractivity contribution is 6.03. The van der Waals surface area contributed by atoms with Gasteiger partial charge in [0.2, 0.25) is 5.91 Å². The van der Waals surface area contributed by atoms with E-state index in [1.165, 1.54) is 6.08 Å². The molecule has 0 bridgehead atoms. The van der Waals surface area contributed by atoms with Crippen LogP contribution in [-0.2, 0) is 11.8 Å². The Hall–Kier alpha value is -4.32. The van der Waals surface area contributed by atoms with Crippen LogP contribution in [0.15, 0.2) is 90.4 Å². The fraction of sp³-hybridized carbons (Fsp3) is 0.0769. The van der Waals surface area contributed by atoms with Gasteiger partial charge in [-0.2, -0.15) is 0 Å². The maximum absolute atomic E-state index is 12.7. The van der Waals surface area contributed by atoms with Crippen molar-refractivity contribution in [3.8, 4) is 16.9 Å². The lowest BCUT2D eigenvalue weighted by Crippen LogP contribution is -2.16. The number of ether oxygens (including phenoxy) is 1. The van der Waals surface area contributed by atoms with Crippen molar-refractivity contribution in [1.82, 2.24) is 4.57 Å². The van der Waals surface area contributed by atoms with Gasteiger partial charge in [-0.1, -0.05) is 24.8 Å². The van der Waals surface area contributed by atoms with E-state index >= 15 is 0 Å². The molecule has 0 aliphatic rings. The number of fused-ring (bicyclic) bond motifs is 1. The largest absolute Gasteiger partial charge is 0.497 e. The third kappa shape index (κ3) is 4.11. The SMILES string of the molecule is C=CC(=O)Nc1ccc(Nc2ccc(OC)cc2)c(-c2cn(C)c(=O)c3ccccc23)c1. The summed E-state index contributed by atoms with van der Waals surface area (Å²) in [5, 5.41) is 7.71. The van der Waals surface area contributed by atoms with E-state index in [4.69, 9.17) is 4.74 Å². The minimum Gasteiger partial charge on any atom is -0.497 e. The molecule has 160 valence electrons. The first kappa shape index (κ1) is 20.9. The van der Waals surface area contributed by atoms with Crippen molar-refractivity contribution in [2.24, 2.45) is 7.05 Å². The Balaban J connectivity index is 1.90. The molecule has 1 heterocycles. The van der Waals surface area contributed by atoms with Crippen molar-refractivity contribution in [2.75, 3.05) is 17.7 Å². The Morgan fingerprint density at radius 2 is 1.66 bits per heavy atom. The Bertz CT molecular complexity index is 1370. The summed E-state index contributed by atoms with van der Waals surface area (Å²) in [6, 6.07) is 20.7. The highest BCUT2D eigenvalue weighted by Gasteiger charge is 2.14. The third-order valence-electron chi connectivity index (χ3n) is 5.22. The lowest BCUT2D eigenvalue weighted by molar-refractivity contribution is -0.111. The smallest absolute Gasteiger partial charge is 0.258 e. The maximum atomic E-state index is 12.7. The topological polar surface area (TPSA) is 72.4 Å². The highest BCUT2D eigenvalue weighted by atomic mass is 16.5. The number of methoxy groups -OCH3 is 1. The first-order chi connectivity index (χ1) is 15.5. The molecule has 0 saturated heterocycles. The molecule has 0 aliphatic carbocycles. The van der Waals surface area contributed by atoms with Gasteiger partial charge in [0.25, 0.3) is 5.56 Å². The Kier molecular flexibility index (Phi) is 5.77. The van der Waals surface area contributed by atoms with Crippen LogP contribution in [0.4, 0.5) is 17.1 Å². The molecule has 1 aromatic heterocycles. The van der Waals surface area contributed by atoms with Gasteiger partial charge in [-0.15, -0.1) is 0 Å². The van der Waals surface area contributed by atoms with Crippen molar-refractivity contribution in [3.05, 3.63) is 95.9 Å². The van der Waals surface area contributed by atoms with E-state index in [-0.39, 0.29) is 11.5 Å². The quantitative estimate of drug-likeness (QED) is 0.423. The Morgan fingerprint density at radius 1 is 0.969 bits per heavy atom. The highest BCUT2D eigenvalue weighted by Crippen LogP contribution is 2.36. The molecule has 1 amide bonds. The molecule has 0 fully saturated rings. The molecule has 3 aromatic carbocycles. The monoisotopic (exact) mass is 425 g/mol. The van der Waals surface area contributed by atoms with Gasteiger partial charge in [0.05, 0.1) is 7.11 Å². The molecule has 4 rings (SSSR count). The van der Waals surface area contributed by atoms with Crippen LogP contribution in [0.2, 0.25) is 0 Å². The predicted molar refractivity (Wildman–Crippen MR) is 130 cm³/mol. The van der Waals surface area contributed by atoms with Gasteiger partial charge in [0.15, 0.2) is 0 Å². The van der Waals surface area contributed by atoms with Crippen LogP contribution in [0.5, 0.6) is 5.75 Å². The number of aromatic nitrogens is 1. The standard InChI is InChI=1S/C26H23N3O3/c1-4-25(30)28-18-11-14-24(27-17-9-12-19(32-3)13-10-17)22(15-18)23-16-29(2)26(31)21-8-6-5-7-20(21)23/h4-16,27H,1H2,2-3H3,(H,28,30). The van der Waals surface area contributed by atoms with Crippen LogP contribution in [0.1, 0.15) is 0 Å². The molecule has 0 atom stereocenters. The summed E-state index contributed by atoms with van der Waals surface area (Å²) < 4.78 is 6.81. The number of pyridine rings is 1. The summed E-state index contributed by atoms with van der Waals surface area (Å²) in [5.41, 5.74) is 3.98. The second-order valence-electron chi connectivity index (χ2n) is 7.31. The number of hydrogen-bond donors (Lipinski definition) is 2. The zero-order valence-electron chi connectivity index (χ0n) is 17.9. The van der Waals surface area contributed by atoms with Gasteiger partial charge in [0, 0.05) is 46.8 Å². The van der Waals surface area contributed by atoms with Crippen LogP contribution < -0.4 is 20.9 Å². The van der Waals surface area contributed by atoms with Gasteiger partial charge in [0.1, 0.15) is 5.75 Å². The number of aryl methyl sites for hydroxylation is 1. The first-order valence-corrected chi connectivity index (χ1v) is 10.1. The second-order valence-corrected chi connectivity index (χ2v) is 7.31. The average molecular weight is 425 g/mol. The molecule has 0 radical (unpaired) electrons. The van der Waals surface area contributed by atoms with Gasteiger partial charge in [-0.05, 0) is 60.0 Å². The van der Waals surface area contributed by atoms with Gasteiger partial charge in [-0.3, -0.25) is 9.59 Å². The zero-order chi connectivity index (χ0) is 22.7. The van der Waals surface area contributed by atoms with Crippen LogP contribution in [0.3, 0.4) is 0 Å². The number of hydrogen-bond acceptors (Lipinski definition) is 4. The lowest BCUT2D eigenvalue weighted by atomic mass is 9.98. The molecule has 4 aromatic rings.